The van der Waals surface area contributed by atoms with Crippen molar-refractivity contribution in [3.8, 4) is 22.5 Å². The number of hydrogen-bond donors (Lipinski definition) is 0. The summed E-state index contributed by atoms with van der Waals surface area (Å²) in [5.41, 5.74) is 6.62. The highest BCUT2D eigenvalue weighted by Crippen LogP contribution is 2.40. The quantitative estimate of drug-likeness (QED) is 0.168. The van der Waals surface area contributed by atoms with Crippen molar-refractivity contribution in [3.05, 3.63) is 119 Å². The number of nitrogens with zero attached hydrogens (tertiary/aromatic N) is 7. The van der Waals surface area contributed by atoms with Gasteiger partial charge in [0.25, 0.3) is 0 Å². The molecule has 2 fully saturated rings. The van der Waals surface area contributed by atoms with Gasteiger partial charge in [0.05, 0.1) is 11.0 Å². The molecule has 9 rings (SSSR count). The van der Waals surface area contributed by atoms with Crippen LogP contribution in [-0.2, 0) is 11.3 Å². The molecule has 7 aromatic rings. The van der Waals surface area contributed by atoms with E-state index in [2.05, 4.69) is 32.1 Å². The van der Waals surface area contributed by atoms with Crippen LogP contribution in [0.3, 0.4) is 0 Å². The lowest BCUT2D eigenvalue weighted by Gasteiger charge is -2.22. The standard InChI is InChI=1S/C23H20N4O2S.C16H15N3S.CH4/c28-23(29-14-16-8-3-1-4-9-16)27-13-7-12-18(27)21-26-20-19(17-10-5-2-6-11-17)24-15-25-22(20)30-21;1-2-6-11(7-3-1)13-14-16(18-10-17-13)20-15(19-14)12-8-4-5-9-12;/h1-6,8-11,15,18H,7,12-14H2;1-3,6-7,10,12H,4-5,8-9H2;1H4/t18-;;/m0../s1. The summed E-state index contributed by atoms with van der Waals surface area (Å²) >= 11 is 3.27. The van der Waals surface area contributed by atoms with Gasteiger partial charge in [-0.3, -0.25) is 4.90 Å². The van der Waals surface area contributed by atoms with E-state index in [9.17, 15) is 4.79 Å². The van der Waals surface area contributed by atoms with E-state index < -0.39 is 0 Å². The Morgan fingerprint density at radius 3 is 1.78 bits per heavy atom. The normalized spacial score (nSPS) is 15.8. The van der Waals surface area contributed by atoms with Crippen molar-refractivity contribution >= 4 is 49.5 Å². The van der Waals surface area contributed by atoms with E-state index in [4.69, 9.17) is 14.7 Å². The number of fused-ring (bicyclic) bond motifs is 2. The van der Waals surface area contributed by atoms with Gasteiger partial charge >= 0.3 is 6.09 Å². The second kappa shape index (κ2) is 15.8. The molecule has 0 spiro atoms. The van der Waals surface area contributed by atoms with Crippen LogP contribution in [0, 0.1) is 0 Å². The maximum Gasteiger partial charge on any atom is 0.410 e. The van der Waals surface area contributed by atoms with E-state index in [-0.39, 0.29) is 26.2 Å². The van der Waals surface area contributed by atoms with Crippen LogP contribution in [-0.4, -0.2) is 47.4 Å². The third-order valence-electron chi connectivity index (χ3n) is 9.20. The molecular weight excluding hydrogens is 675 g/mol. The van der Waals surface area contributed by atoms with E-state index in [0.717, 1.165) is 66.6 Å². The van der Waals surface area contributed by atoms with E-state index in [0.29, 0.717) is 12.5 Å². The molecule has 3 aromatic carbocycles. The van der Waals surface area contributed by atoms with Gasteiger partial charge in [0.15, 0.2) is 0 Å². The van der Waals surface area contributed by atoms with Crippen molar-refractivity contribution in [2.45, 2.75) is 64.5 Å². The summed E-state index contributed by atoms with van der Waals surface area (Å²) in [5.74, 6) is 0.637. The number of amides is 1. The molecule has 4 aromatic heterocycles. The second-order valence-electron chi connectivity index (χ2n) is 12.5. The third kappa shape index (κ3) is 7.50. The first-order chi connectivity index (χ1) is 24.7. The van der Waals surface area contributed by atoms with Gasteiger partial charge in [-0.15, -0.1) is 0 Å². The molecule has 258 valence electrons. The Labute approximate surface area is 305 Å². The van der Waals surface area contributed by atoms with E-state index in [1.54, 1.807) is 28.9 Å². The molecule has 0 unspecified atom stereocenters. The molecule has 51 heavy (non-hydrogen) atoms. The molecule has 11 heteroatoms. The first kappa shape index (κ1) is 34.3. The molecular formula is C40H39N7O2S2. The predicted octanol–water partition coefficient (Wildman–Crippen LogP) is 10.3. The van der Waals surface area contributed by atoms with Gasteiger partial charge in [-0.05, 0) is 31.2 Å². The van der Waals surface area contributed by atoms with Crippen molar-refractivity contribution < 1.29 is 9.53 Å². The lowest BCUT2D eigenvalue weighted by Crippen LogP contribution is -2.31. The van der Waals surface area contributed by atoms with E-state index >= 15 is 0 Å². The fourth-order valence-electron chi connectivity index (χ4n) is 6.69. The van der Waals surface area contributed by atoms with Crippen molar-refractivity contribution in [3.63, 3.8) is 0 Å². The van der Waals surface area contributed by atoms with Gasteiger partial charge < -0.3 is 4.74 Å². The molecule has 1 aliphatic carbocycles. The fourth-order valence-corrected chi connectivity index (χ4v) is 8.82. The minimum absolute atomic E-state index is 0. The fraction of sp³-hybridized carbons (Fsp3) is 0.275. The highest BCUT2D eigenvalue weighted by Gasteiger charge is 2.34. The van der Waals surface area contributed by atoms with Gasteiger partial charge in [0, 0.05) is 23.6 Å². The Balaban J connectivity index is 0.000000168. The topological polar surface area (TPSA) is 107 Å². The lowest BCUT2D eigenvalue weighted by atomic mass is 10.1. The summed E-state index contributed by atoms with van der Waals surface area (Å²) in [4.78, 5) is 43.9. The molecule has 1 saturated heterocycles. The molecule has 1 aliphatic heterocycles. The van der Waals surface area contributed by atoms with Crippen LogP contribution in [0.4, 0.5) is 4.79 Å². The molecule has 1 saturated carbocycles. The van der Waals surface area contributed by atoms with Crippen LogP contribution < -0.4 is 0 Å². The Hall–Kier alpha value is -5.13. The van der Waals surface area contributed by atoms with Crippen molar-refractivity contribution in [1.82, 2.24) is 34.8 Å². The molecule has 1 atom stereocenters. The van der Waals surface area contributed by atoms with Gasteiger partial charge in [-0.2, -0.15) is 0 Å². The molecule has 0 bridgehead atoms. The number of ether oxygens (including phenoxy) is 1. The zero-order chi connectivity index (χ0) is 33.7. The average molecular weight is 714 g/mol. The number of rotatable bonds is 6. The smallest absolute Gasteiger partial charge is 0.410 e. The molecule has 2 aliphatic rings. The highest BCUT2D eigenvalue weighted by atomic mass is 32.1. The summed E-state index contributed by atoms with van der Waals surface area (Å²) in [6.07, 6.45) is 9.94. The number of thiazole rings is 2. The number of aromatic nitrogens is 6. The van der Waals surface area contributed by atoms with Gasteiger partial charge in [0.2, 0.25) is 0 Å². The van der Waals surface area contributed by atoms with Crippen molar-refractivity contribution in [2.24, 2.45) is 0 Å². The van der Waals surface area contributed by atoms with Crippen molar-refractivity contribution in [2.75, 3.05) is 6.54 Å². The summed E-state index contributed by atoms with van der Waals surface area (Å²) in [6, 6.07) is 29.9. The maximum atomic E-state index is 12.8. The number of hydrogen-bond acceptors (Lipinski definition) is 10. The first-order valence-corrected chi connectivity index (χ1v) is 18.7. The summed E-state index contributed by atoms with van der Waals surface area (Å²) in [5, 5.41) is 2.13. The van der Waals surface area contributed by atoms with Gasteiger partial charge in [-0.25, -0.2) is 34.7 Å². The Kier molecular flexibility index (Phi) is 10.7. The maximum absolute atomic E-state index is 12.8. The lowest BCUT2D eigenvalue weighted by molar-refractivity contribution is 0.0920. The van der Waals surface area contributed by atoms with Crippen LogP contribution in [0.25, 0.3) is 43.2 Å². The zero-order valence-electron chi connectivity index (χ0n) is 27.4. The van der Waals surface area contributed by atoms with Gasteiger partial charge in [-0.1, -0.05) is 134 Å². The summed E-state index contributed by atoms with van der Waals surface area (Å²) < 4.78 is 5.57. The molecule has 9 nitrogen and oxygen atoms in total. The summed E-state index contributed by atoms with van der Waals surface area (Å²) in [6.45, 7) is 0.942. The SMILES string of the molecule is C.O=C(OCc1ccccc1)N1CCC[C@H]1c1nc2c(-c3ccccc3)ncnc2s1.c1ccc(-c2ncnc3sc(C4CCCC4)nc23)cc1. The minimum atomic E-state index is -0.296. The second-order valence-corrected chi connectivity index (χ2v) is 14.5. The first-order valence-electron chi connectivity index (χ1n) is 17.0. The minimum Gasteiger partial charge on any atom is -0.445 e. The third-order valence-corrected chi connectivity index (χ3v) is 11.4. The number of carbonyl (C=O) groups excluding carboxylic acids is 1. The monoisotopic (exact) mass is 713 g/mol. The van der Waals surface area contributed by atoms with Gasteiger partial charge in [0.1, 0.15) is 56.4 Å². The molecule has 0 N–H and O–H groups in total. The average Bonchev–Trinajstić information content (AvgIpc) is 4.01. The Morgan fingerprint density at radius 1 is 0.667 bits per heavy atom. The molecule has 1 amide bonds. The number of benzene rings is 3. The highest BCUT2D eigenvalue weighted by molar-refractivity contribution is 7.18. The molecule has 5 heterocycles. The van der Waals surface area contributed by atoms with Crippen LogP contribution in [0.5, 0.6) is 0 Å². The van der Waals surface area contributed by atoms with Crippen LogP contribution in [0.2, 0.25) is 0 Å². The number of carbonyl (C=O) groups is 1. The zero-order valence-corrected chi connectivity index (χ0v) is 29.0. The van der Waals surface area contributed by atoms with Crippen LogP contribution in [0.15, 0.2) is 104 Å². The molecule has 0 radical (unpaired) electrons. The van der Waals surface area contributed by atoms with Crippen LogP contribution in [0.1, 0.15) is 73.5 Å². The Morgan fingerprint density at radius 2 is 1.20 bits per heavy atom. The largest absolute Gasteiger partial charge is 0.445 e. The van der Waals surface area contributed by atoms with E-state index in [1.807, 2.05) is 78.9 Å². The van der Waals surface area contributed by atoms with Crippen LogP contribution >= 0.6 is 22.7 Å². The summed E-state index contributed by atoms with van der Waals surface area (Å²) in [7, 11) is 0. The van der Waals surface area contributed by atoms with Crippen molar-refractivity contribution in [1.29, 1.82) is 0 Å². The van der Waals surface area contributed by atoms with E-state index in [1.165, 1.54) is 42.0 Å². The Bertz CT molecular complexity index is 2200. The predicted molar refractivity (Wildman–Crippen MR) is 205 cm³/mol. The number of likely N-dealkylation sites (tertiary alicyclic amines) is 1.